The van der Waals surface area contributed by atoms with Gasteiger partial charge in [-0.15, -0.1) is 0 Å². The highest BCUT2D eigenvalue weighted by Gasteiger charge is 2.30. The van der Waals surface area contributed by atoms with Crippen molar-refractivity contribution in [2.45, 2.75) is 39.3 Å². The molecule has 2 rings (SSSR count). The van der Waals surface area contributed by atoms with E-state index in [0.29, 0.717) is 17.9 Å². The molecule has 1 N–H and O–H groups in total. The average molecular weight is 476 g/mol. The van der Waals surface area contributed by atoms with E-state index in [1.807, 2.05) is 44.2 Å². The van der Waals surface area contributed by atoms with Gasteiger partial charge in [0.15, 0.2) is 0 Å². The van der Waals surface area contributed by atoms with Crippen LogP contribution in [0.4, 0.5) is 5.69 Å². The summed E-state index contributed by atoms with van der Waals surface area (Å²) in [6.07, 6.45) is 1.58. The smallest absolute Gasteiger partial charge is 0.244 e. The van der Waals surface area contributed by atoms with Crippen LogP contribution < -0.4 is 14.4 Å². The number of carbonyl (C=O) groups is 2. The van der Waals surface area contributed by atoms with E-state index in [2.05, 4.69) is 5.32 Å². The number of sulfonamides is 1. The highest BCUT2D eigenvalue weighted by Crippen LogP contribution is 2.23. The van der Waals surface area contributed by atoms with Crippen LogP contribution in [0.2, 0.25) is 0 Å². The third-order valence-corrected chi connectivity index (χ3v) is 6.24. The minimum absolute atomic E-state index is 0.0877. The lowest BCUT2D eigenvalue weighted by Gasteiger charge is -2.32. The first kappa shape index (κ1) is 26.2. The number of nitrogens with one attached hydrogen (secondary N) is 1. The van der Waals surface area contributed by atoms with Crippen LogP contribution in [-0.2, 0) is 26.0 Å². The van der Waals surface area contributed by atoms with E-state index in [1.54, 1.807) is 31.2 Å². The Morgan fingerprint density at radius 1 is 1.03 bits per heavy atom. The molecule has 0 saturated carbocycles. The Hall–Kier alpha value is -3.07. The van der Waals surface area contributed by atoms with Crippen molar-refractivity contribution in [1.29, 1.82) is 0 Å². The van der Waals surface area contributed by atoms with E-state index in [1.165, 1.54) is 12.0 Å². The summed E-state index contributed by atoms with van der Waals surface area (Å²) in [6.45, 7) is 5.17. The van der Waals surface area contributed by atoms with Gasteiger partial charge in [0.2, 0.25) is 21.8 Å². The summed E-state index contributed by atoms with van der Waals surface area (Å²) in [5, 5.41) is 2.83. The lowest BCUT2D eigenvalue weighted by molar-refractivity contribution is -0.139. The summed E-state index contributed by atoms with van der Waals surface area (Å²) in [4.78, 5) is 27.5. The molecule has 0 unspecified atom stereocenters. The van der Waals surface area contributed by atoms with E-state index in [4.69, 9.17) is 4.74 Å². The summed E-state index contributed by atoms with van der Waals surface area (Å²) in [5.41, 5.74) is 1.33. The molecule has 2 aromatic rings. The molecule has 0 radical (unpaired) electrons. The second-order valence-electron chi connectivity index (χ2n) is 8.13. The predicted molar refractivity (Wildman–Crippen MR) is 130 cm³/mol. The molecule has 180 valence electrons. The molecule has 0 spiro atoms. The molecular formula is C24H33N3O5S. The second-order valence-corrected chi connectivity index (χ2v) is 10.0. The molecule has 0 aliphatic carbocycles. The van der Waals surface area contributed by atoms with Crippen LogP contribution in [0.1, 0.15) is 26.3 Å². The number of hydrogen-bond acceptors (Lipinski definition) is 5. The fourth-order valence-electron chi connectivity index (χ4n) is 3.35. The molecule has 0 bridgehead atoms. The fraction of sp³-hybridized carbons (Fsp3) is 0.417. The van der Waals surface area contributed by atoms with Gasteiger partial charge in [0.25, 0.3) is 0 Å². The van der Waals surface area contributed by atoms with Gasteiger partial charge in [-0.1, -0.05) is 36.4 Å². The van der Waals surface area contributed by atoms with Gasteiger partial charge in [-0.3, -0.25) is 13.9 Å². The first-order valence-electron chi connectivity index (χ1n) is 10.8. The van der Waals surface area contributed by atoms with Gasteiger partial charge in [0.1, 0.15) is 18.3 Å². The topological polar surface area (TPSA) is 96.0 Å². The van der Waals surface area contributed by atoms with Crippen LogP contribution in [0.5, 0.6) is 5.75 Å². The van der Waals surface area contributed by atoms with E-state index in [9.17, 15) is 18.0 Å². The molecule has 9 heteroatoms. The standard InChI is InChI=1S/C24H33N3O5S/c1-18(2)25-24(29)19(3)26(15-14-20-10-7-6-8-11-20)23(28)17-27(33(5,30)31)21-12-9-13-22(16-21)32-4/h6-13,16,18-19H,14-15,17H2,1-5H3,(H,25,29)/t19-/m0/s1. The number of benzene rings is 2. The van der Waals surface area contributed by atoms with E-state index in [-0.39, 0.29) is 18.5 Å². The summed E-state index contributed by atoms with van der Waals surface area (Å²) in [5.74, 6) is -0.288. The van der Waals surface area contributed by atoms with Crippen LogP contribution in [0, 0.1) is 0 Å². The molecule has 1 atom stereocenters. The second kappa shape index (κ2) is 11.7. The molecule has 2 amide bonds. The van der Waals surface area contributed by atoms with Crippen molar-refractivity contribution in [3.63, 3.8) is 0 Å². The maximum atomic E-state index is 13.4. The number of ether oxygens (including phenoxy) is 1. The van der Waals surface area contributed by atoms with Gasteiger partial charge >= 0.3 is 0 Å². The van der Waals surface area contributed by atoms with Gasteiger partial charge in [0.05, 0.1) is 19.1 Å². The average Bonchev–Trinajstić information content (AvgIpc) is 2.77. The van der Waals surface area contributed by atoms with Crippen molar-refractivity contribution >= 4 is 27.5 Å². The number of rotatable bonds is 11. The molecule has 0 heterocycles. The van der Waals surface area contributed by atoms with Crippen molar-refractivity contribution in [1.82, 2.24) is 10.2 Å². The summed E-state index contributed by atoms with van der Waals surface area (Å²) in [6, 6.07) is 15.3. The highest BCUT2D eigenvalue weighted by molar-refractivity contribution is 7.92. The lowest BCUT2D eigenvalue weighted by Crippen LogP contribution is -2.53. The molecular weight excluding hydrogens is 442 g/mol. The van der Waals surface area contributed by atoms with Crippen molar-refractivity contribution in [2.75, 3.05) is 30.8 Å². The van der Waals surface area contributed by atoms with Crippen molar-refractivity contribution in [3.05, 3.63) is 60.2 Å². The minimum atomic E-state index is -3.77. The third kappa shape index (κ3) is 7.78. The van der Waals surface area contributed by atoms with Crippen LogP contribution in [0.25, 0.3) is 0 Å². The zero-order valence-electron chi connectivity index (χ0n) is 19.8. The minimum Gasteiger partial charge on any atom is -0.497 e. The normalized spacial score (nSPS) is 12.2. The van der Waals surface area contributed by atoms with Crippen LogP contribution >= 0.6 is 0 Å². The number of carbonyl (C=O) groups excluding carboxylic acids is 2. The Balaban J connectivity index is 2.32. The number of nitrogens with zero attached hydrogens (tertiary/aromatic N) is 2. The van der Waals surface area contributed by atoms with Crippen LogP contribution in [0.3, 0.4) is 0 Å². The Kier molecular flexibility index (Phi) is 9.28. The van der Waals surface area contributed by atoms with Crippen molar-refractivity contribution in [3.8, 4) is 5.75 Å². The summed E-state index contributed by atoms with van der Waals surface area (Å²) < 4.78 is 31.3. The Morgan fingerprint density at radius 2 is 1.70 bits per heavy atom. The van der Waals surface area contributed by atoms with Gasteiger partial charge < -0.3 is 15.0 Å². The number of anilines is 1. The maximum absolute atomic E-state index is 13.4. The zero-order valence-corrected chi connectivity index (χ0v) is 20.6. The van der Waals surface area contributed by atoms with Crippen molar-refractivity contribution in [2.24, 2.45) is 0 Å². The van der Waals surface area contributed by atoms with E-state index < -0.39 is 28.5 Å². The van der Waals surface area contributed by atoms with Crippen LogP contribution in [0.15, 0.2) is 54.6 Å². The number of amides is 2. The predicted octanol–water partition coefficient (Wildman–Crippen LogP) is 2.45. The Morgan fingerprint density at radius 3 is 2.27 bits per heavy atom. The molecule has 0 aliphatic heterocycles. The summed E-state index contributed by atoms with van der Waals surface area (Å²) >= 11 is 0. The van der Waals surface area contributed by atoms with Gasteiger partial charge in [-0.25, -0.2) is 8.42 Å². The maximum Gasteiger partial charge on any atom is 0.244 e. The number of methoxy groups -OCH3 is 1. The van der Waals surface area contributed by atoms with Gasteiger partial charge in [-0.2, -0.15) is 0 Å². The molecule has 0 aromatic heterocycles. The number of hydrogen-bond donors (Lipinski definition) is 1. The first-order chi connectivity index (χ1) is 15.5. The molecule has 8 nitrogen and oxygen atoms in total. The first-order valence-corrected chi connectivity index (χ1v) is 12.6. The largest absolute Gasteiger partial charge is 0.497 e. The van der Waals surface area contributed by atoms with Crippen LogP contribution in [-0.4, -0.2) is 63.7 Å². The molecule has 0 aliphatic rings. The lowest BCUT2D eigenvalue weighted by atomic mass is 10.1. The SMILES string of the molecule is COc1cccc(N(CC(=O)N(CCc2ccccc2)[C@@H](C)C(=O)NC(C)C)S(C)(=O)=O)c1. The third-order valence-electron chi connectivity index (χ3n) is 5.10. The highest BCUT2D eigenvalue weighted by atomic mass is 32.2. The molecule has 0 fully saturated rings. The Bertz CT molecular complexity index is 1040. The molecule has 0 saturated heterocycles. The fourth-order valence-corrected chi connectivity index (χ4v) is 4.20. The monoisotopic (exact) mass is 475 g/mol. The molecule has 2 aromatic carbocycles. The van der Waals surface area contributed by atoms with Gasteiger partial charge in [0, 0.05) is 18.7 Å². The van der Waals surface area contributed by atoms with E-state index in [0.717, 1.165) is 16.1 Å². The van der Waals surface area contributed by atoms with Gasteiger partial charge in [-0.05, 0) is 44.9 Å². The quantitative estimate of drug-likeness (QED) is 0.539. The Labute approximate surface area is 196 Å². The summed E-state index contributed by atoms with van der Waals surface area (Å²) in [7, 11) is -2.29. The van der Waals surface area contributed by atoms with E-state index >= 15 is 0 Å². The zero-order chi connectivity index (χ0) is 24.6. The van der Waals surface area contributed by atoms with Crippen molar-refractivity contribution < 1.29 is 22.7 Å². The molecule has 33 heavy (non-hydrogen) atoms.